The molecule has 3 rings (SSSR count). The molecule has 4 atom stereocenters. The van der Waals surface area contributed by atoms with Gasteiger partial charge in [-0.05, 0) is 49.5 Å². The zero-order valence-corrected chi connectivity index (χ0v) is 14.9. The Bertz CT molecular complexity index is 575. The quantitative estimate of drug-likeness (QED) is 0.801. The van der Waals surface area contributed by atoms with Crippen LogP contribution in [0.2, 0.25) is 0 Å². The maximum atomic E-state index is 11.3. The Morgan fingerprint density at radius 3 is 2.61 bits per heavy atom. The first kappa shape index (κ1) is 16.8. The molecular weight excluding hydrogens is 288 g/mol. The third kappa shape index (κ3) is 2.31. The van der Waals surface area contributed by atoms with Gasteiger partial charge in [0.1, 0.15) is 0 Å². The van der Waals surface area contributed by atoms with E-state index in [0.29, 0.717) is 5.92 Å². The van der Waals surface area contributed by atoms with Gasteiger partial charge in [0, 0.05) is 5.41 Å². The molecule has 3 heteroatoms. The highest BCUT2D eigenvalue weighted by molar-refractivity contribution is 5.68. The van der Waals surface area contributed by atoms with Gasteiger partial charge in [0.05, 0.1) is 17.6 Å². The Morgan fingerprint density at radius 2 is 1.96 bits per heavy atom. The normalized spacial score (nSPS) is 45.2. The van der Waals surface area contributed by atoms with Crippen molar-refractivity contribution in [3.8, 4) is 0 Å². The highest BCUT2D eigenvalue weighted by atomic mass is 16.5. The Balaban J connectivity index is 2.03. The van der Waals surface area contributed by atoms with Crippen molar-refractivity contribution in [2.45, 2.75) is 77.4 Å². The van der Waals surface area contributed by atoms with E-state index in [-0.39, 0.29) is 17.3 Å². The van der Waals surface area contributed by atoms with Gasteiger partial charge < -0.3 is 9.84 Å². The number of aliphatic carboxylic acids is 1. The van der Waals surface area contributed by atoms with Gasteiger partial charge in [-0.25, -0.2) is 0 Å². The van der Waals surface area contributed by atoms with E-state index in [1.165, 1.54) is 12.8 Å². The molecular formula is C20H30O3. The standard InChI is InChI=1S/C20H30O3/c1-14-7-8-15-17(2,3)9-6-10-19(15,5)20(14)12-11-18(4,23-20)13-16(21)22/h7-8,15H,1,6,9-13H2,2-5H3,(H,21,22)/t15-,18-,19-,20+/m0/s1. The van der Waals surface area contributed by atoms with Crippen molar-refractivity contribution in [3.63, 3.8) is 0 Å². The van der Waals surface area contributed by atoms with Crippen molar-refractivity contribution in [2.24, 2.45) is 16.7 Å². The molecule has 1 saturated carbocycles. The fraction of sp³-hybridized carbons (Fsp3) is 0.750. The van der Waals surface area contributed by atoms with Gasteiger partial charge in [0.2, 0.25) is 0 Å². The summed E-state index contributed by atoms with van der Waals surface area (Å²) in [7, 11) is 0. The minimum absolute atomic E-state index is 0.00313. The van der Waals surface area contributed by atoms with Crippen molar-refractivity contribution in [2.75, 3.05) is 0 Å². The molecule has 0 aromatic carbocycles. The number of carboxylic acid groups (broad SMARTS) is 1. The van der Waals surface area contributed by atoms with Gasteiger partial charge in [-0.1, -0.05) is 45.9 Å². The van der Waals surface area contributed by atoms with Crippen LogP contribution in [0.25, 0.3) is 0 Å². The number of ether oxygens (including phenoxy) is 1. The van der Waals surface area contributed by atoms with E-state index in [0.717, 1.165) is 24.8 Å². The van der Waals surface area contributed by atoms with Gasteiger partial charge in [0.25, 0.3) is 0 Å². The second-order valence-corrected chi connectivity index (χ2v) is 9.07. The number of carbonyl (C=O) groups is 1. The molecule has 0 unspecified atom stereocenters. The summed E-state index contributed by atoms with van der Waals surface area (Å²) >= 11 is 0. The lowest BCUT2D eigenvalue weighted by molar-refractivity contribution is -0.182. The molecule has 3 aliphatic rings. The molecule has 0 radical (unpaired) electrons. The maximum absolute atomic E-state index is 11.3. The lowest BCUT2D eigenvalue weighted by Gasteiger charge is -2.60. The summed E-state index contributed by atoms with van der Waals surface area (Å²) in [6.45, 7) is 13.3. The van der Waals surface area contributed by atoms with E-state index in [9.17, 15) is 9.90 Å². The van der Waals surface area contributed by atoms with Gasteiger partial charge in [-0.3, -0.25) is 4.79 Å². The summed E-state index contributed by atoms with van der Waals surface area (Å²) in [6.07, 6.45) is 9.75. The van der Waals surface area contributed by atoms with Crippen LogP contribution in [0, 0.1) is 16.7 Å². The lowest BCUT2D eigenvalue weighted by Crippen LogP contribution is -2.59. The first-order valence-electron chi connectivity index (χ1n) is 8.84. The van der Waals surface area contributed by atoms with E-state index in [1.807, 2.05) is 6.92 Å². The van der Waals surface area contributed by atoms with Crippen LogP contribution < -0.4 is 0 Å². The molecule has 0 aromatic heterocycles. The summed E-state index contributed by atoms with van der Waals surface area (Å²) in [5.41, 5.74) is 0.273. The molecule has 1 aliphatic heterocycles. The number of hydrogen-bond donors (Lipinski definition) is 1. The zero-order valence-electron chi connectivity index (χ0n) is 14.9. The van der Waals surface area contributed by atoms with Crippen LogP contribution in [-0.2, 0) is 9.53 Å². The highest BCUT2D eigenvalue weighted by Crippen LogP contribution is 2.65. The first-order valence-corrected chi connectivity index (χ1v) is 8.84. The monoisotopic (exact) mass is 318 g/mol. The van der Waals surface area contributed by atoms with Crippen LogP contribution >= 0.6 is 0 Å². The third-order valence-electron chi connectivity index (χ3n) is 6.93. The molecule has 1 heterocycles. The van der Waals surface area contributed by atoms with Crippen molar-refractivity contribution in [1.29, 1.82) is 0 Å². The van der Waals surface area contributed by atoms with E-state index in [2.05, 4.69) is 39.5 Å². The topological polar surface area (TPSA) is 46.5 Å². The fourth-order valence-corrected chi connectivity index (χ4v) is 5.76. The average molecular weight is 318 g/mol. The number of allylic oxidation sites excluding steroid dienone is 1. The van der Waals surface area contributed by atoms with E-state index < -0.39 is 17.2 Å². The van der Waals surface area contributed by atoms with Crippen LogP contribution in [0.5, 0.6) is 0 Å². The molecule has 1 spiro atoms. The number of fused-ring (bicyclic) bond motifs is 2. The molecule has 23 heavy (non-hydrogen) atoms. The third-order valence-corrected chi connectivity index (χ3v) is 6.93. The second-order valence-electron chi connectivity index (χ2n) is 9.07. The Kier molecular flexibility index (Phi) is 3.61. The molecule has 3 nitrogen and oxygen atoms in total. The van der Waals surface area contributed by atoms with Crippen molar-refractivity contribution in [1.82, 2.24) is 0 Å². The minimum atomic E-state index is -0.785. The Morgan fingerprint density at radius 1 is 1.26 bits per heavy atom. The fourth-order valence-electron chi connectivity index (χ4n) is 5.76. The van der Waals surface area contributed by atoms with E-state index >= 15 is 0 Å². The Labute approximate surface area is 139 Å². The van der Waals surface area contributed by atoms with Gasteiger partial charge in [-0.2, -0.15) is 0 Å². The van der Waals surface area contributed by atoms with Gasteiger partial charge in [0.15, 0.2) is 0 Å². The van der Waals surface area contributed by atoms with Crippen molar-refractivity contribution >= 4 is 5.97 Å². The predicted molar refractivity (Wildman–Crippen MR) is 91.2 cm³/mol. The van der Waals surface area contributed by atoms with Crippen LogP contribution in [0.4, 0.5) is 0 Å². The van der Waals surface area contributed by atoms with Crippen LogP contribution in [0.15, 0.2) is 24.3 Å². The predicted octanol–water partition coefficient (Wildman–Crippen LogP) is 4.73. The van der Waals surface area contributed by atoms with Crippen molar-refractivity contribution in [3.05, 3.63) is 24.3 Å². The van der Waals surface area contributed by atoms with Gasteiger partial charge >= 0.3 is 5.97 Å². The highest BCUT2D eigenvalue weighted by Gasteiger charge is 2.64. The largest absolute Gasteiger partial charge is 0.481 e. The average Bonchev–Trinajstić information content (AvgIpc) is 2.74. The minimum Gasteiger partial charge on any atom is -0.481 e. The second kappa shape index (κ2) is 4.95. The molecule has 0 bridgehead atoms. The molecule has 128 valence electrons. The molecule has 0 amide bonds. The SMILES string of the molecule is C=C1C=C[C@H]2C(C)(C)CCC[C@]2(C)[C@@]12CC[C@@](C)(CC(=O)O)O2. The molecule has 2 aliphatic carbocycles. The maximum Gasteiger partial charge on any atom is 0.306 e. The number of carboxylic acids is 1. The van der Waals surface area contributed by atoms with Crippen molar-refractivity contribution < 1.29 is 14.6 Å². The zero-order chi connectivity index (χ0) is 17.1. The van der Waals surface area contributed by atoms with Crippen LogP contribution in [0.3, 0.4) is 0 Å². The van der Waals surface area contributed by atoms with Crippen LogP contribution in [-0.4, -0.2) is 22.3 Å². The molecule has 1 saturated heterocycles. The molecule has 2 fully saturated rings. The Hall–Kier alpha value is -1.09. The lowest BCUT2D eigenvalue weighted by atomic mass is 9.47. The summed E-state index contributed by atoms with van der Waals surface area (Å²) in [6, 6.07) is 0. The summed E-state index contributed by atoms with van der Waals surface area (Å²) in [5, 5.41) is 9.26. The van der Waals surface area contributed by atoms with E-state index in [1.54, 1.807) is 0 Å². The van der Waals surface area contributed by atoms with Crippen LogP contribution in [0.1, 0.15) is 66.2 Å². The summed E-state index contributed by atoms with van der Waals surface area (Å²) in [5.74, 6) is -0.339. The number of rotatable bonds is 2. The van der Waals surface area contributed by atoms with E-state index in [4.69, 9.17) is 4.74 Å². The smallest absolute Gasteiger partial charge is 0.306 e. The first-order chi connectivity index (χ1) is 10.5. The summed E-state index contributed by atoms with van der Waals surface area (Å²) in [4.78, 5) is 11.3. The van der Waals surface area contributed by atoms with Gasteiger partial charge in [-0.15, -0.1) is 0 Å². The number of hydrogen-bond acceptors (Lipinski definition) is 2. The molecule has 1 N–H and O–H groups in total. The molecule has 0 aromatic rings. The summed E-state index contributed by atoms with van der Waals surface area (Å²) < 4.78 is 6.63.